The van der Waals surface area contributed by atoms with E-state index in [9.17, 15) is 5.11 Å². The predicted octanol–water partition coefficient (Wildman–Crippen LogP) is 4.55. The largest absolute Gasteiger partial charge is 0.507 e. The summed E-state index contributed by atoms with van der Waals surface area (Å²) in [5.74, 6) is 0.737. The van der Waals surface area contributed by atoms with Gasteiger partial charge in [0.25, 0.3) is 0 Å². The maximum Gasteiger partial charge on any atom is 0.192 e. The number of aromatic hydroxyl groups is 1. The summed E-state index contributed by atoms with van der Waals surface area (Å²) in [7, 11) is 0. The van der Waals surface area contributed by atoms with Gasteiger partial charge in [0.15, 0.2) is 11.5 Å². The number of aromatic nitrogens is 3. The summed E-state index contributed by atoms with van der Waals surface area (Å²) < 4.78 is 5.68. The van der Waals surface area contributed by atoms with Crippen LogP contribution in [0.25, 0.3) is 33.6 Å². The van der Waals surface area contributed by atoms with E-state index in [0.29, 0.717) is 27.8 Å². The van der Waals surface area contributed by atoms with Gasteiger partial charge < -0.3 is 9.52 Å². The van der Waals surface area contributed by atoms with Gasteiger partial charge >= 0.3 is 0 Å². The Morgan fingerprint density at radius 1 is 1.13 bits per heavy atom. The van der Waals surface area contributed by atoms with Crippen LogP contribution in [0.3, 0.4) is 0 Å². The Kier molecular flexibility index (Phi) is 3.09. The average molecular weight is 326 g/mol. The summed E-state index contributed by atoms with van der Waals surface area (Å²) in [5, 5.41) is 17.8. The Balaban J connectivity index is 1.85. The topological polar surface area (TPSA) is 74.9 Å². The van der Waals surface area contributed by atoms with E-state index in [4.69, 9.17) is 16.0 Å². The average Bonchev–Trinajstić information content (AvgIpc) is 3.14. The van der Waals surface area contributed by atoms with Gasteiger partial charge in [0.05, 0.1) is 11.4 Å². The first-order valence-corrected chi connectivity index (χ1v) is 7.40. The van der Waals surface area contributed by atoms with Crippen molar-refractivity contribution in [1.82, 2.24) is 15.2 Å². The number of H-pyrrole nitrogens is 1. The molecule has 0 aliphatic heterocycles. The minimum Gasteiger partial charge on any atom is -0.507 e. The first-order valence-electron chi connectivity index (χ1n) is 7.02. The number of phenolic OH excluding ortho intramolecular Hbond substituents is 1. The molecule has 0 saturated carbocycles. The van der Waals surface area contributed by atoms with Crippen LogP contribution in [0, 0.1) is 6.92 Å². The normalized spacial score (nSPS) is 11.2. The number of benzene rings is 2. The highest BCUT2D eigenvalue weighted by Gasteiger charge is 2.14. The molecule has 0 aliphatic carbocycles. The van der Waals surface area contributed by atoms with Crippen molar-refractivity contribution >= 4 is 22.7 Å². The quantitative estimate of drug-likeness (QED) is 0.567. The van der Waals surface area contributed by atoms with Crippen LogP contribution in [-0.2, 0) is 0 Å². The molecule has 0 fully saturated rings. The van der Waals surface area contributed by atoms with Crippen LogP contribution in [0.4, 0.5) is 0 Å². The van der Waals surface area contributed by atoms with Crippen LogP contribution >= 0.6 is 11.6 Å². The number of rotatable bonds is 2. The fourth-order valence-electron chi connectivity index (χ4n) is 2.58. The molecule has 0 aliphatic rings. The maximum atomic E-state index is 10.0. The summed E-state index contributed by atoms with van der Waals surface area (Å²) in [6, 6.07) is 12.4. The number of halogens is 1. The summed E-state index contributed by atoms with van der Waals surface area (Å²) in [4.78, 5) is 4.33. The van der Waals surface area contributed by atoms with Crippen molar-refractivity contribution in [2.75, 3.05) is 0 Å². The maximum absolute atomic E-state index is 10.0. The standard InChI is InChI=1S/C17H12ClN3O2/c1-9-19-13-4-2-3-11(17(13)23-9)14-8-15(21-20-14)12-7-10(18)5-6-16(12)22/h2-8,22H,1H3,(H,20,21). The Labute approximate surface area is 136 Å². The molecule has 0 amide bonds. The minimum absolute atomic E-state index is 0.126. The Morgan fingerprint density at radius 3 is 2.87 bits per heavy atom. The second kappa shape index (κ2) is 5.14. The number of hydrogen-bond acceptors (Lipinski definition) is 4. The van der Waals surface area contributed by atoms with Gasteiger partial charge in [0, 0.05) is 23.1 Å². The van der Waals surface area contributed by atoms with Crippen molar-refractivity contribution in [3.8, 4) is 28.3 Å². The van der Waals surface area contributed by atoms with Gasteiger partial charge in [-0.05, 0) is 36.4 Å². The molecule has 0 bridgehead atoms. The molecule has 114 valence electrons. The third-order valence-corrected chi connectivity index (χ3v) is 3.86. The minimum atomic E-state index is 0.126. The molecule has 4 rings (SSSR count). The van der Waals surface area contributed by atoms with Gasteiger partial charge in [-0.15, -0.1) is 0 Å². The van der Waals surface area contributed by atoms with Crippen LogP contribution in [-0.4, -0.2) is 20.3 Å². The molecule has 4 aromatic rings. The third-order valence-electron chi connectivity index (χ3n) is 3.62. The number of nitrogens with zero attached hydrogens (tertiary/aromatic N) is 2. The van der Waals surface area contributed by atoms with Gasteiger partial charge in [-0.25, -0.2) is 4.98 Å². The van der Waals surface area contributed by atoms with E-state index in [0.717, 1.165) is 16.8 Å². The highest BCUT2D eigenvalue weighted by Crippen LogP contribution is 2.34. The van der Waals surface area contributed by atoms with Crippen LogP contribution in [0.2, 0.25) is 5.02 Å². The number of nitrogens with one attached hydrogen (secondary N) is 1. The van der Waals surface area contributed by atoms with E-state index in [1.807, 2.05) is 31.2 Å². The number of aromatic amines is 1. The molecular weight excluding hydrogens is 314 g/mol. The van der Waals surface area contributed by atoms with E-state index in [1.165, 1.54) is 0 Å². The van der Waals surface area contributed by atoms with Crippen molar-refractivity contribution in [3.63, 3.8) is 0 Å². The second-order valence-corrected chi connectivity index (χ2v) is 5.65. The summed E-state index contributed by atoms with van der Waals surface area (Å²) in [6.45, 7) is 1.81. The number of hydrogen-bond donors (Lipinski definition) is 2. The highest BCUT2D eigenvalue weighted by molar-refractivity contribution is 6.30. The molecule has 0 saturated heterocycles. The van der Waals surface area contributed by atoms with Gasteiger partial charge in [-0.3, -0.25) is 5.10 Å². The molecule has 2 N–H and O–H groups in total. The van der Waals surface area contributed by atoms with Crippen LogP contribution in [0.1, 0.15) is 5.89 Å². The van der Waals surface area contributed by atoms with Crippen molar-refractivity contribution in [3.05, 3.63) is 53.4 Å². The zero-order valence-electron chi connectivity index (χ0n) is 12.2. The van der Waals surface area contributed by atoms with Crippen molar-refractivity contribution in [2.45, 2.75) is 6.92 Å². The van der Waals surface area contributed by atoms with E-state index in [2.05, 4.69) is 15.2 Å². The molecule has 23 heavy (non-hydrogen) atoms. The molecule has 2 heterocycles. The molecule has 0 spiro atoms. The zero-order valence-corrected chi connectivity index (χ0v) is 12.9. The summed E-state index contributed by atoms with van der Waals surface area (Å²) in [6.07, 6.45) is 0. The molecular formula is C17H12ClN3O2. The monoisotopic (exact) mass is 325 g/mol. The van der Waals surface area contributed by atoms with E-state index >= 15 is 0 Å². The first kappa shape index (κ1) is 13.8. The Morgan fingerprint density at radius 2 is 2.00 bits per heavy atom. The summed E-state index contributed by atoms with van der Waals surface area (Å²) >= 11 is 6.00. The Bertz CT molecular complexity index is 1020. The van der Waals surface area contributed by atoms with Crippen LogP contribution in [0.5, 0.6) is 5.75 Å². The van der Waals surface area contributed by atoms with Crippen molar-refractivity contribution in [1.29, 1.82) is 0 Å². The van der Waals surface area contributed by atoms with E-state index in [-0.39, 0.29) is 5.75 Å². The predicted molar refractivity (Wildman–Crippen MR) is 88.4 cm³/mol. The highest BCUT2D eigenvalue weighted by atomic mass is 35.5. The van der Waals surface area contributed by atoms with Gasteiger partial charge in [-0.1, -0.05) is 17.7 Å². The lowest BCUT2D eigenvalue weighted by Crippen LogP contribution is -1.79. The fourth-order valence-corrected chi connectivity index (χ4v) is 2.76. The third kappa shape index (κ3) is 2.35. The molecule has 2 aromatic heterocycles. The van der Waals surface area contributed by atoms with Crippen LogP contribution < -0.4 is 0 Å². The number of para-hydroxylation sites is 1. The molecule has 0 radical (unpaired) electrons. The van der Waals surface area contributed by atoms with Gasteiger partial charge in [0.2, 0.25) is 0 Å². The van der Waals surface area contributed by atoms with Crippen molar-refractivity contribution < 1.29 is 9.52 Å². The molecule has 0 atom stereocenters. The smallest absolute Gasteiger partial charge is 0.192 e. The molecule has 6 heteroatoms. The Hall–Kier alpha value is -2.79. The number of aryl methyl sites for hydroxylation is 1. The lowest BCUT2D eigenvalue weighted by Gasteiger charge is -2.01. The van der Waals surface area contributed by atoms with E-state index < -0.39 is 0 Å². The van der Waals surface area contributed by atoms with Crippen molar-refractivity contribution in [2.24, 2.45) is 0 Å². The first-order chi connectivity index (χ1) is 11.1. The molecule has 0 unspecified atom stereocenters. The lowest BCUT2D eigenvalue weighted by molar-refractivity contribution is 0.477. The SMILES string of the molecule is Cc1nc2cccc(-c3cc(-c4cc(Cl)ccc4O)n[nH]3)c2o1. The number of oxazole rings is 1. The van der Waals surface area contributed by atoms with Crippen LogP contribution in [0.15, 0.2) is 46.9 Å². The summed E-state index contributed by atoms with van der Waals surface area (Å²) in [5.41, 5.74) is 4.32. The molecule has 5 nitrogen and oxygen atoms in total. The van der Waals surface area contributed by atoms with E-state index in [1.54, 1.807) is 18.2 Å². The number of fused-ring (bicyclic) bond motifs is 1. The fraction of sp³-hybridized carbons (Fsp3) is 0.0588. The molecule has 2 aromatic carbocycles. The lowest BCUT2D eigenvalue weighted by atomic mass is 10.1. The number of phenols is 1. The van der Waals surface area contributed by atoms with Gasteiger partial charge in [-0.2, -0.15) is 5.10 Å². The zero-order chi connectivity index (χ0) is 16.0. The second-order valence-electron chi connectivity index (χ2n) is 5.22. The van der Waals surface area contributed by atoms with Gasteiger partial charge in [0.1, 0.15) is 11.3 Å².